The molecule has 0 bridgehead atoms. The number of alkyl halides is 6. The van der Waals surface area contributed by atoms with Gasteiger partial charge >= 0.3 is 24.3 Å². The minimum atomic E-state index is -5.08. The van der Waals surface area contributed by atoms with Crippen molar-refractivity contribution < 1.29 is 55.4 Å². The summed E-state index contributed by atoms with van der Waals surface area (Å²) in [6, 6.07) is 8.02. The van der Waals surface area contributed by atoms with E-state index < -0.39 is 24.3 Å². The van der Waals surface area contributed by atoms with Gasteiger partial charge in [0.15, 0.2) is 0 Å². The molecule has 1 unspecified atom stereocenters. The topological polar surface area (TPSA) is 124 Å². The SMILES string of the molecule is Cc1ccc(CN2CCC3(CC2)CC(c2cccnc2)C(=O)N3C)o1.O=C(O)C(F)(F)F.O=C(O)C(F)(F)F. The van der Waals surface area contributed by atoms with Crippen molar-refractivity contribution in [2.45, 2.75) is 56.5 Å². The quantitative estimate of drug-likeness (QED) is 0.529. The second kappa shape index (κ2) is 12.5. The number of nitrogens with zero attached hydrogens (tertiary/aromatic N) is 3. The summed E-state index contributed by atoms with van der Waals surface area (Å²) in [6.45, 7) is 4.83. The largest absolute Gasteiger partial charge is 0.490 e. The molecule has 4 heterocycles. The number of aryl methyl sites for hydroxylation is 1. The van der Waals surface area contributed by atoms with E-state index >= 15 is 0 Å². The van der Waals surface area contributed by atoms with Gasteiger partial charge in [0.1, 0.15) is 11.5 Å². The molecule has 0 radical (unpaired) electrons. The Hall–Kier alpha value is -3.62. The molecule has 4 rings (SSSR count). The fourth-order valence-corrected chi connectivity index (χ4v) is 4.37. The predicted octanol–water partition coefficient (Wildman–Crippen LogP) is 4.23. The summed E-state index contributed by atoms with van der Waals surface area (Å²) in [6.07, 6.45) is -3.62. The van der Waals surface area contributed by atoms with Crippen molar-refractivity contribution >= 4 is 17.8 Å². The number of carboxylic acid groups (broad SMARTS) is 2. The number of rotatable bonds is 3. The smallest absolute Gasteiger partial charge is 0.475 e. The maximum atomic E-state index is 12.8. The lowest BCUT2D eigenvalue weighted by atomic mass is 9.81. The number of aromatic nitrogens is 1. The molecular weight excluding hydrogens is 540 g/mol. The molecule has 2 fully saturated rings. The van der Waals surface area contributed by atoms with Crippen LogP contribution in [0.25, 0.3) is 0 Å². The van der Waals surface area contributed by atoms with Crippen LogP contribution in [0.15, 0.2) is 41.1 Å². The molecule has 216 valence electrons. The number of piperidine rings is 1. The number of aliphatic carboxylic acids is 2. The highest BCUT2D eigenvalue weighted by Crippen LogP contribution is 2.44. The number of halogens is 6. The Bertz CT molecular complexity index is 1100. The lowest BCUT2D eigenvalue weighted by Crippen LogP contribution is -2.51. The number of furan rings is 1. The van der Waals surface area contributed by atoms with Crippen molar-refractivity contribution in [2.24, 2.45) is 0 Å². The van der Waals surface area contributed by atoms with Gasteiger partial charge in [0.25, 0.3) is 0 Å². The first-order valence-electron chi connectivity index (χ1n) is 11.5. The first kappa shape index (κ1) is 31.6. The van der Waals surface area contributed by atoms with Crippen LogP contribution in [-0.2, 0) is 20.9 Å². The normalized spacial score (nSPS) is 19.1. The van der Waals surface area contributed by atoms with E-state index in [0.717, 1.165) is 56.0 Å². The maximum Gasteiger partial charge on any atom is 0.490 e. The van der Waals surface area contributed by atoms with Gasteiger partial charge in [-0.25, -0.2) is 9.59 Å². The summed E-state index contributed by atoms with van der Waals surface area (Å²) < 4.78 is 69.2. The van der Waals surface area contributed by atoms with Crippen LogP contribution in [0.4, 0.5) is 26.3 Å². The summed E-state index contributed by atoms with van der Waals surface area (Å²) >= 11 is 0. The molecule has 2 aliphatic heterocycles. The van der Waals surface area contributed by atoms with Gasteiger partial charge in [0.05, 0.1) is 12.5 Å². The van der Waals surface area contributed by atoms with Gasteiger partial charge in [-0.2, -0.15) is 26.3 Å². The molecular formula is C24H27F6N3O6. The van der Waals surface area contributed by atoms with Crippen molar-refractivity contribution in [1.82, 2.24) is 14.8 Å². The van der Waals surface area contributed by atoms with Crippen LogP contribution in [0.1, 0.15) is 42.3 Å². The number of carbonyl (C=O) groups excluding carboxylic acids is 1. The number of likely N-dealkylation sites (N-methyl/N-ethyl adjacent to an activating group) is 1. The summed E-state index contributed by atoms with van der Waals surface area (Å²) in [5, 5.41) is 14.2. The van der Waals surface area contributed by atoms with Crippen LogP contribution in [-0.4, -0.2) is 80.9 Å². The lowest BCUT2D eigenvalue weighted by molar-refractivity contribution is -0.193. The van der Waals surface area contributed by atoms with Crippen LogP contribution in [0.2, 0.25) is 0 Å². The van der Waals surface area contributed by atoms with Crippen molar-refractivity contribution in [3.05, 3.63) is 53.7 Å². The van der Waals surface area contributed by atoms with E-state index in [1.807, 2.05) is 43.3 Å². The Kier molecular flexibility index (Phi) is 10.1. The van der Waals surface area contributed by atoms with Crippen molar-refractivity contribution in [2.75, 3.05) is 20.1 Å². The Balaban J connectivity index is 0.000000317. The number of carboxylic acids is 2. The van der Waals surface area contributed by atoms with Crippen LogP contribution in [0.3, 0.4) is 0 Å². The highest BCUT2D eigenvalue weighted by Gasteiger charge is 2.50. The third-order valence-corrected chi connectivity index (χ3v) is 6.46. The highest BCUT2D eigenvalue weighted by atomic mass is 19.4. The first-order chi connectivity index (χ1) is 18.0. The molecule has 2 aromatic heterocycles. The van der Waals surface area contributed by atoms with Gasteiger partial charge in [-0.3, -0.25) is 14.7 Å². The van der Waals surface area contributed by atoms with E-state index in [2.05, 4.69) is 16.0 Å². The van der Waals surface area contributed by atoms with Gasteiger partial charge in [-0.15, -0.1) is 0 Å². The zero-order valence-corrected chi connectivity index (χ0v) is 20.9. The Labute approximate surface area is 219 Å². The summed E-state index contributed by atoms with van der Waals surface area (Å²) in [5.74, 6) is -3.33. The number of hydrogen-bond acceptors (Lipinski definition) is 6. The number of hydrogen-bond donors (Lipinski definition) is 2. The molecule has 1 spiro atoms. The maximum absolute atomic E-state index is 12.8. The van der Waals surface area contributed by atoms with Crippen molar-refractivity contribution in [1.29, 1.82) is 0 Å². The van der Waals surface area contributed by atoms with E-state index in [1.54, 1.807) is 6.20 Å². The summed E-state index contributed by atoms with van der Waals surface area (Å²) in [7, 11) is 1.98. The van der Waals surface area contributed by atoms with E-state index in [4.69, 9.17) is 24.2 Å². The Morgan fingerprint density at radius 3 is 2.00 bits per heavy atom. The number of pyridine rings is 1. The minimum absolute atomic E-state index is 0.00677. The number of amides is 1. The molecule has 0 aliphatic carbocycles. The average molecular weight is 567 g/mol. The van der Waals surface area contributed by atoms with Gasteiger partial charge in [-0.1, -0.05) is 6.07 Å². The van der Waals surface area contributed by atoms with Crippen LogP contribution in [0.5, 0.6) is 0 Å². The predicted molar refractivity (Wildman–Crippen MR) is 122 cm³/mol. The van der Waals surface area contributed by atoms with E-state index in [0.29, 0.717) is 0 Å². The molecule has 1 atom stereocenters. The zero-order chi connectivity index (χ0) is 29.6. The fourth-order valence-electron chi connectivity index (χ4n) is 4.37. The Morgan fingerprint density at radius 1 is 1.05 bits per heavy atom. The monoisotopic (exact) mass is 567 g/mol. The van der Waals surface area contributed by atoms with Crippen molar-refractivity contribution in [3.63, 3.8) is 0 Å². The zero-order valence-electron chi connectivity index (χ0n) is 20.9. The van der Waals surface area contributed by atoms with Gasteiger partial charge in [0.2, 0.25) is 5.91 Å². The summed E-state index contributed by atoms with van der Waals surface area (Å²) in [4.78, 5) is 39.3. The molecule has 2 aromatic rings. The molecule has 2 N–H and O–H groups in total. The average Bonchev–Trinajstić information content (AvgIpc) is 3.37. The van der Waals surface area contributed by atoms with Gasteiger partial charge in [0, 0.05) is 38.1 Å². The Morgan fingerprint density at radius 2 is 1.59 bits per heavy atom. The van der Waals surface area contributed by atoms with E-state index in [9.17, 15) is 31.1 Å². The number of likely N-dealkylation sites (tertiary alicyclic amines) is 2. The lowest BCUT2D eigenvalue weighted by Gasteiger charge is -2.43. The van der Waals surface area contributed by atoms with Crippen LogP contribution < -0.4 is 0 Å². The van der Waals surface area contributed by atoms with E-state index in [1.165, 1.54) is 0 Å². The molecule has 2 aliphatic rings. The fraction of sp³-hybridized carbons (Fsp3) is 0.500. The van der Waals surface area contributed by atoms with Gasteiger partial charge < -0.3 is 19.5 Å². The molecule has 39 heavy (non-hydrogen) atoms. The first-order valence-corrected chi connectivity index (χ1v) is 11.5. The van der Waals surface area contributed by atoms with Crippen LogP contribution >= 0.6 is 0 Å². The standard InChI is InChI=1S/C20H25N3O2.2C2HF3O2/c1-15-5-6-17(25-15)14-23-10-7-20(8-11-23)12-18(19(24)22(20)2)16-4-3-9-21-13-16;2*3-2(4,5)1(6)7/h3-6,9,13,18H,7-8,10-12,14H2,1-2H3;2*(H,6,7). The molecule has 9 nitrogen and oxygen atoms in total. The van der Waals surface area contributed by atoms with Gasteiger partial charge in [-0.05, 0) is 49.9 Å². The molecule has 2 saturated heterocycles. The number of carbonyl (C=O) groups is 3. The molecule has 0 saturated carbocycles. The summed E-state index contributed by atoms with van der Waals surface area (Å²) in [5.41, 5.74) is 1.04. The third kappa shape index (κ3) is 8.70. The highest BCUT2D eigenvalue weighted by molar-refractivity contribution is 5.87. The second-order valence-electron chi connectivity index (χ2n) is 9.06. The molecule has 15 heteroatoms. The molecule has 1 amide bonds. The van der Waals surface area contributed by atoms with E-state index in [-0.39, 0.29) is 17.4 Å². The second-order valence-corrected chi connectivity index (χ2v) is 9.06. The third-order valence-electron chi connectivity index (χ3n) is 6.46. The van der Waals surface area contributed by atoms with Crippen LogP contribution in [0, 0.1) is 6.92 Å². The molecule has 0 aromatic carbocycles. The minimum Gasteiger partial charge on any atom is -0.475 e. The van der Waals surface area contributed by atoms with Crippen molar-refractivity contribution in [3.8, 4) is 0 Å².